The van der Waals surface area contributed by atoms with Crippen LogP contribution in [0.5, 0.6) is 0 Å². The summed E-state index contributed by atoms with van der Waals surface area (Å²) in [6.07, 6.45) is 1.70. The van der Waals surface area contributed by atoms with Crippen molar-refractivity contribution in [1.29, 1.82) is 0 Å². The van der Waals surface area contributed by atoms with E-state index in [1.54, 1.807) is 10.8 Å². The predicted molar refractivity (Wildman–Crippen MR) is 120 cm³/mol. The Morgan fingerprint density at radius 2 is 1.80 bits per heavy atom. The van der Waals surface area contributed by atoms with Gasteiger partial charge in [-0.3, -0.25) is 9.36 Å². The number of aryl methyl sites for hydroxylation is 1. The molecule has 1 aliphatic rings. The van der Waals surface area contributed by atoms with Gasteiger partial charge in [-0.15, -0.1) is 0 Å². The first-order valence-corrected chi connectivity index (χ1v) is 10.6. The van der Waals surface area contributed by atoms with Crippen LogP contribution in [-0.2, 0) is 0 Å². The zero-order valence-corrected chi connectivity index (χ0v) is 18.3. The van der Waals surface area contributed by atoms with Gasteiger partial charge >= 0.3 is 0 Å². The standard InChI is InChI=1S/C22H26N6OS/c1-15(2)20-24-16(3)13-19(25-20)26-9-11-27(12-10-26)21(29)18-14-23-22(30)28(18)17-7-5-4-6-8-17/h4-8,13-15H,9-12H2,1-3H3,(H,23,30). The molecule has 4 rings (SSSR count). The maximum Gasteiger partial charge on any atom is 0.272 e. The average Bonchev–Trinajstić information content (AvgIpc) is 3.15. The molecule has 1 N–H and O–H groups in total. The summed E-state index contributed by atoms with van der Waals surface area (Å²) in [4.78, 5) is 29.6. The van der Waals surface area contributed by atoms with Crippen molar-refractivity contribution in [3.8, 4) is 5.69 Å². The zero-order valence-electron chi connectivity index (χ0n) is 17.5. The van der Waals surface area contributed by atoms with Crippen LogP contribution < -0.4 is 4.90 Å². The molecule has 1 saturated heterocycles. The molecule has 8 heteroatoms. The Labute approximate surface area is 181 Å². The van der Waals surface area contributed by atoms with Crippen molar-refractivity contribution in [3.63, 3.8) is 0 Å². The number of para-hydroxylation sites is 1. The van der Waals surface area contributed by atoms with E-state index in [4.69, 9.17) is 17.2 Å². The van der Waals surface area contributed by atoms with Gasteiger partial charge in [-0.1, -0.05) is 32.0 Å². The molecule has 0 unspecified atom stereocenters. The molecule has 1 fully saturated rings. The SMILES string of the molecule is Cc1cc(N2CCN(C(=O)c3c[nH]c(=S)n3-c3ccccc3)CC2)nc(C(C)C)n1. The Bertz CT molecular complexity index is 1100. The molecule has 7 nitrogen and oxygen atoms in total. The summed E-state index contributed by atoms with van der Waals surface area (Å²) in [6, 6.07) is 11.7. The van der Waals surface area contributed by atoms with Crippen molar-refractivity contribution in [2.75, 3.05) is 31.1 Å². The fraction of sp³-hybridized carbons (Fsp3) is 0.364. The first-order valence-electron chi connectivity index (χ1n) is 10.2. The van der Waals surface area contributed by atoms with Crippen LogP contribution in [0.3, 0.4) is 0 Å². The lowest BCUT2D eigenvalue weighted by atomic mass is 10.2. The van der Waals surface area contributed by atoms with E-state index in [1.807, 2.05) is 48.2 Å². The van der Waals surface area contributed by atoms with Crippen LogP contribution in [0.1, 0.15) is 41.8 Å². The third-order valence-corrected chi connectivity index (χ3v) is 5.58. The quantitative estimate of drug-likeness (QED) is 0.649. The van der Waals surface area contributed by atoms with Crippen molar-refractivity contribution < 1.29 is 4.79 Å². The molecule has 0 spiro atoms. The Morgan fingerprint density at radius 3 is 2.47 bits per heavy atom. The van der Waals surface area contributed by atoms with Crippen molar-refractivity contribution in [1.82, 2.24) is 24.4 Å². The monoisotopic (exact) mass is 422 g/mol. The lowest BCUT2D eigenvalue weighted by Gasteiger charge is -2.35. The molecular formula is C22H26N6OS. The number of piperazine rings is 1. The number of aromatic nitrogens is 4. The number of rotatable bonds is 4. The minimum absolute atomic E-state index is 0.0207. The van der Waals surface area contributed by atoms with Crippen molar-refractivity contribution in [2.45, 2.75) is 26.7 Å². The number of imidazole rings is 1. The van der Waals surface area contributed by atoms with Gasteiger partial charge in [0.15, 0.2) is 4.77 Å². The number of amides is 1. The fourth-order valence-electron chi connectivity index (χ4n) is 3.65. The molecule has 2 aromatic heterocycles. The Balaban J connectivity index is 1.51. The summed E-state index contributed by atoms with van der Waals surface area (Å²) < 4.78 is 2.31. The number of carbonyl (C=O) groups excluding carboxylic acids is 1. The van der Waals surface area contributed by atoms with Gasteiger partial charge in [-0.05, 0) is 31.3 Å². The van der Waals surface area contributed by atoms with Crippen LogP contribution in [0, 0.1) is 11.7 Å². The first kappa shape index (κ1) is 20.3. The maximum absolute atomic E-state index is 13.2. The third-order valence-electron chi connectivity index (χ3n) is 5.28. The van der Waals surface area contributed by atoms with Gasteiger partial charge in [0.2, 0.25) is 0 Å². The smallest absolute Gasteiger partial charge is 0.272 e. The number of hydrogen-bond donors (Lipinski definition) is 1. The third kappa shape index (κ3) is 4.00. The van der Waals surface area contributed by atoms with E-state index in [1.165, 1.54) is 0 Å². The second-order valence-electron chi connectivity index (χ2n) is 7.81. The Hall–Kier alpha value is -3.00. The number of anilines is 1. The highest BCUT2D eigenvalue weighted by Crippen LogP contribution is 2.20. The van der Waals surface area contributed by atoms with Gasteiger partial charge in [0.05, 0.1) is 0 Å². The van der Waals surface area contributed by atoms with Gasteiger partial charge in [0, 0.05) is 55.7 Å². The number of aromatic amines is 1. The summed E-state index contributed by atoms with van der Waals surface area (Å²) in [5, 5.41) is 0. The van der Waals surface area contributed by atoms with E-state index in [0.29, 0.717) is 23.6 Å². The van der Waals surface area contributed by atoms with E-state index in [-0.39, 0.29) is 11.8 Å². The molecule has 0 bridgehead atoms. The van der Waals surface area contributed by atoms with E-state index >= 15 is 0 Å². The van der Waals surface area contributed by atoms with Crippen LogP contribution in [-0.4, -0.2) is 56.5 Å². The molecule has 1 aromatic carbocycles. The summed E-state index contributed by atoms with van der Waals surface area (Å²) in [5.74, 6) is 2.05. The molecule has 3 heterocycles. The second kappa shape index (κ2) is 8.39. The van der Waals surface area contributed by atoms with Crippen LogP contribution in [0.2, 0.25) is 0 Å². The van der Waals surface area contributed by atoms with Crippen LogP contribution in [0.15, 0.2) is 42.6 Å². The number of nitrogens with zero attached hydrogens (tertiary/aromatic N) is 5. The van der Waals surface area contributed by atoms with Gasteiger partial charge in [0.1, 0.15) is 17.3 Å². The van der Waals surface area contributed by atoms with Gasteiger partial charge in [-0.25, -0.2) is 9.97 Å². The number of H-pyrrole nitrogens is 1. The summed E-state index contributed by atoms with van der Waals surface area (Å²) >= 11 is 5.42. The van der Waals surface area contributed by atoms with Gasteiger partial charge in [-0.2, -0.15) is 0 Å². The van der Waals surface area contributed by atoms with E-state index in [9.17, 15) is 4.79 Å². The topological polar surface area (TPSA) is 70.1 Å². The fourth-order valence-corrected chi connectivity index (χ4v) is 3.92. The lowest BCUT2D eigenvalue weighted by Crippen LogP contribution is -2.49. The van der Waals surface area contributed by atoms with E-state index in [0.717, 1.165) is 36.1 Å². The largest absolute Gasteiger partial charge is 0.353 e. The molecule has 1 amide bonds. The van der Waals surface area contributed by atoms with E-state index < -0.39 is 0 Å². The van der Waals surface area contributed by atoms with E-state index in [2.05, 4.69) is 28.7 Å². The molecule has 0 radical (unpaired) electrons. The molecule has 0 atom stereocenters. The molecule has 156 valence electrons. The number of carbonyl (C=O) groups is 1. The minimum atomic E-state index is -0.0207. The maximum atomic E-state index is 13.2. The molecule has 1 aliphatic heterocycles. The summed E-state index contributed by atoms with van der Waals surface area (Å²) in [7, 11) is 0. The summed E-state index contributed by atoms with van der Waals surface area (Å²) in [6.45, 7) is 8.92. The zero-order chi connectivity index (χ0) is 21.3. The molecule has 3 aromatic rings. The lowest BCUT2D eigenvalue weighted by molar-refractivity contribution is 0.0738. The van der Waals surface area contributed by atoms with Gasteiger partial charge in [0.25, 0.3) is 5.91 Å². The molecule has 30 heavy (non-hydrogen) atoms. The van der Waals surface area contributed by atoms with Crippen molar-refractivity contribution in [3.05, 3.63) is 64.6 Å². The predicted octanol–water partition coefficient (Wildman–Crippen LogP) is 3.72. The van der Waals surface area contributed by atoms with Gasteiger partial charge < -0.3 is 14.8 Å². The Kier molecular flexibility index (Phi) is 5.67. The second-order valence-corrected chi connectivity index (χ2v) is 8.20. The highest BCUT2D eigenvalue weighted by atomic mass is 32.1. The number of benzene rings is 1. The first-order chi connectivity index (χ1) is 14.4. The van der Waals surface area contributed by atoms with Crippen LogP contribution in [0.25, 0.3) is 5.69 Å². The van der Waals surface area contributed by atoms with Crippen molar-refractivity contribution >= 4 is 23.9 Å². The number of hydrogen-bond acceptors (Lipinski definition) is 5. The summed E-state index contributed by atoms with van der Waals surface area (Å²) in [5.41, 5.74) is 2.40. The molecular weight excluding hydrogens is 396 g/mol. The average molecular weight is 423 g/mol. The highest BCUT2D eigenvalue weighted by molar-refractivity contribution is 7.71. The number of nitrogens with one attached hydrogen (secondary N) is 1. The Morgan fingerprint density at radius 1 is 1.10 bits per heavy atom. The van der Waals surface area contributed by atoms with Crippen LogP contribution >= 0.6 is 12.2 Å². The van der Waals surface area contributed by atoms with Crippen LogP contribution in [0.4, 0.5) is 5.82 Å². The molecule has 0 aliphatic carbocycles. The highest BCUT2D eigenvalue weighted by Gasteiger charge is 2.26. The normalized spacial score (nSPS) is 14.4. The van der Waals surface area contributed by atoms with Crippen molar-refractivity contribution in [2.24, 2.45) is 0 Å². The minimum Gasteiger partial charge on any atom is -0.353 e. The molecule has 0 saturated carbocycles.